The van der Waals surface area contributed by atoms with Crippen LogP contribution in [0.5, 0.6) is 5.75 Å². The van der Waals surface area contributed by atoms with Crippen molar-refractivity contribution in [2.45, 2.75) is 4.90 Å². The molecule has 64 valence electrons. The van der Waals surface area contributed by atoms with E-state index in [2.05, 4.69) is 4.65 Å². The molecule has 0 bridgehead atoms. The van der Waals surface area contributed by atoms with Crippen LogP contribution >= 0.6 is 11.8 Å². The average molecular weight is 182 g/mol. The van der Waals surface area contributed by atoms with E-state index in [9.17, 15) is 10.0 Å². The van der Waals surface area contributed by atoms with Crippen LogP contribution in [0.2, 0.25) is 0 Å². The molecule has 0 aromatic heterocycles. The van der Waals surface area contributed by atoms with Crippen molar-refractivity contribution >= 4 is 19.1 Å². The smallest absolute Gasteiger partial charge is 0.133 e. The van der Waals surface area contributed by atoms with Gasteiger partial charge in [0.1, 0.15) is 7.32 Å². The lowest BCUT2D eigenvalue weighted by Gasteiger charge is -2.26. The van der Waals surface area contributed by atoms with Gasteiger partial charge in [0.05, 0.1) is 5.75 Å². The highest BCUT2D eigenvalue weighted by molar-refractivity contribution is 7.98. The van der Waals surface area contributed by atoms with Gasteiger partial charge in [0.2, 0.25) is 0 Å². The molecule has 0 aliphatic heterocycles. The molecule has 0 aliphatic carbocycles. The number of hydrogen-bond donors (Lipinski definition) is 0. The summed E-state index contributed by atoms with van der Waals surface area (Å²) in [5, 5.41) is 20.1. The molecule has 0 atom stereocenters. The quantitative estimate of drug-likeness (QED) is 0.466. The predicted molar refractivity (Wildman–Crippen MR) is 44.6 cm³/mol. The van der Waals surface area contributed by atoms with Crippen LogP contribution in [0.25, 0.3) is 0 Å². The first-order chi connectivity index (χ1) is 5.72. The van der Waals surface area contributed by atoms with E-state index in [0.29, 0.717) is 5.75 Å². The molecule has 1 aromatic rings. The van der Waals surface area contributed by atoms with Crippen LogP contribution in [0.3, 0.4) is 0 Å². The Bertz CT molecular complexity index is 237. The van der Waals surface area contributed by atoms with Gasteiger partial charge in [0.25, 0.3) is 0 Å². The van der Waals surface area contributed by atoms with E-state index in [-0.39, 0.29) is 0 Å². The van der Waals surface area contributed by atoms with Crippen molar-refractivity contribution in [1.82, 2.24) is 0 Å². The Labute approximate surface area is 75.5 Å². The standard InChI is InChI=1S/C7H7BO3S/c1-12-7-4-2-6(3-5-7)11-8(9)10/h2-5H,1H3/q-2. The molecular formula is C7H7BO3S-2. The molecule has 0 aliphatic rings. The second-order valence-corrected chi connectivity index (χ2v) is 2.96. The summed E-state index contributed by atoms with van der Waals surface area (Å²) in [7, 11) is -2.25. The van der Waals surface area contributed by atoms with Gasteiger partial charge in [-0.05, 0) is 30.5 Å². The molecule has 0 heterocycles. The molecule has 5 heteroatoms. The highest BCUT2D eigenvalue weighted by atomic mass is 32.2. The Morgan fingerprint density at radius 1 is 1.25 bits per heavy atom. The normalized spacial score (nSPS) is 9.58. The lowest BCUT2D eigenvalue weighted by molar-refractivity contribution is -0.372. The third kappa shape index (κ3) is 2.77. The SMILES string of the molecule is CSc1ccc(OB([O-])[O-])cc1. The van der Waals surface area contributed by atoms with Crippen LogP contribution in [0.4, 0.5) is 0 Å². The number of thioether (sulfide) groups is 1. The molecule has 0 radical (unpaired) electrons. The zero-order chi connectivity index (χ0) is 8.97. The van der Waals surface area contributed by atoms with Gasteiger partial charge < -0.3 is 14.7 Å². The highest BCUT2D eigenvalue weighted by Gasteiger charge is 1.91. The Morgan fingerprint density at radius 3 is 2.25 bits per heavy atom. The monoisotopic (exact) mass is 182 g/mol. The molecule has 0 saturated heterocycles. The summed E-state index contributed by atoms with van der Waals surface area (Å²) in [5.74, 6) is 0.322. The van der Waals surface area contributed by atoms with E-state index in [1.165, 1.54) is 0 Å². The molecule has 0 spiro atoms. The van der Waals surface area contributed by atoms with Crippen LogP contribution in [0.15, 0.2) is 29.2 Å². The Balaban J connectivity index is 2.65. The molecule has 1 rings (SSSR count). The molecule has 1 aromatic carbocycles. The molecule has 0 N–H and O–H groups in total. The third-order valence-corrected chi connectivity index (χ3v) is 2.04. The molecule has 12 heavy (non-hydrogen) atoms. The maximum atomic E-state index is 10.1. The Kier molecular flexibility index (Phi) is 3.46. The summed E-state index contributed by atoms with van der Waals surface area (Å²) in [6.07, 6.45) is 1.94. The zero-order valence-electron chi connectivity index (χ0n) is 6.52. The number of rotatable bonds is 3. The van der Waals surface area contributed by atoms with Crippen molar-refractivity contribution in [3.05, 3.63) is 24.3 Å². The lowest BCUT2D eigenvalue weighted by Crippen LogP contribution is -2.50. The van der Waals surface area contributed by atoms with E-state index in [1.807, 2.05) is 6.26 Å². The van der Waals surface area contributed by atoms with Gasteiger partial charge in [-0.15, -0.1) is 11.8 Å². The molecule has 0 amide bonds. The molecular weight excluding hydrogens is 175 g/mol. The van der Waals surface area contributed by atoms with E-state index >= 15 is 0 Å². The van der Waals surface area contributed by atoms with E-state index in [1.54, 1.807) is 36.0 Å². The highest BCUT2D eigenvalue weighted by Crippen LogP contribution is 2.18. The predicted octanol–water partition coefficient (Wildman–Crippen LogP) is -0.507. The van der Waals surface area contributed by atoms with Crippen LogP contribution in [-0.4, -0.2) is 13.6 Å². The largest absolute Gasteiger partial charge is 0.860 e. The van der Waals surface area contributed by atoms with Crippen LogP contribution in [0, 0.1) is 0 Å². The van der Waals surface area contributed by atoms with Crippen molar-refractivity contribution in [3.63, 3.8) is 0 Å². The van der Waals surface area contributed by atoms with Crippen LogP contribution in [-0.2, 0) is 0 Å². The Hall–Kier alpha value is -0.645. The van der Waals surface area contributed by atoms with Gasteiger partial charge in [-0.2, -0.15) is 0 Å². The summed E-state index contributed by atoms with van der Waals surface area (Å²) < 4.78 is 4.39. The number of benzene rings is 1. The molecule has 0 saturated carbocycles. The Morgan fingerprint density at radius 2 is 1.83 bits per heavy atom. The van der Waals surface area contributed by atoms with Gasteiger partial charge in [-0.3, -0.25) is 0 Å². The minimum atomic E-state index is -2.25. The fraction of sp³-hybridized carbons (Fsp3) is 0.143. The van der Waals surface area contributed by atoms with Gasteiger partial charge in [0, 0.05) is 4.90 Å². The van der Waals surface area contributed by atoms with E-state index in [4.69, 9.17) is 0 Å². The van der Waals surface area contributed by atoms with Gasteiger partial charge in [0.15, 0.2) is 0 Å². The fourth-order valence-corrected chi connectivity index (χ4v) is 1.17. The van der Waals surface area contributed by atoms with Crippen LogP contribution < -0.4 is 14.7 Å². The first kappa shape index (κ1) is 9.44. The number of hydrogen-bond acceptors (Lipinski definition) is 4. The topological polar surface area (TPSA) is 55.3 Å². The first-order valence-corrected chi connectivity index (χ1v) is 4.57. The lowest BCUT2D eigenvalue weighted by atomic mass is 10.2. The zero-order valence-corrected chi connectivity index (χ0v) is 7.34. The summed E-state index contributed by atoms with van der Waals surface area (Å²) in [5.41, 5.74) is 0. The maximum absolute atomic E-state index is 10.1. The summed E-state index contributed by atoms with van der Waals surface area (Å²) in [4.78, 5) is 1.07. The van der Waals surface area contributed by atoms with Crippen LogP contribution in [0.1, 0.15) is 0 Å². The summed E-state index contributed by atoms with van der Waals surface area (Å²) in [6, 6.07) is 6.80. The average Bonchev–Trinajstić information content (AvgIpc) is 2.05. The molecule has 3 nitrogen and oxygen atoms in total. The van der Waals surface area contributed by atoms with Crippen molar-refractivity contribution in [2.75, 3.05) is 6.26 Å². The summed E-state index contributed by atoms with van der Waals surface area (Å²) in [6.45, 7) is 0. The van der Waals surface area contributed by atoms with E-state index in [0.717, 1.165) is 4.90 Å². The second kappa shape index (κ2) is 4.40. The fourth-order valence-electron chi connectivity index (χ4n) is 0.765. The van der Waals surface area contributed by atoms with Gasteiger partial charge in [-0.25, -0.2) is 0 Å². The van der Waals surface area contributed by atoms with Gasteiger partial charge >= 0.3 is 0 Å². The van der Waals surface area contributed by atoms with E-state index < -0.39 is 7.32 Å². The second-order valence-electron chi connectivity index (χ2n) is 2.08. The minimum Gasteiger partial charge on any atom is -0.860 e. The first-order valence-electron chi connectivity index (χ1n) is 3.34. The summed E-state index contributed by atoms with van der Waals surface area (Å²) >= 11 is 1.58. The third-order valence-electron chi connectivity index (χ3n) is 1.29. The maximum Gasteiger partial charge on any atom is 0.133 e. The van der Waals surface area contributed by atoms with Crippen molar-refractivity contribution < 1.29 is 14.7 Å². The van der Waals surface area contributed by atoms with Crippen molar-refractivity contribution in [1.29, 1.82) is 0 Å². The minimum absolute atomic E-state index is 0.322. The molecule has 0 unspecified atom stereocenters. The van der Waals surface area contributed by atoms with Crippen molar-refractivity contribution in [2.24, 2.45) is 0 Å². The van der Waals surface area contributed by atoms with Gasteiger partial charge in [-0.1, -0.05) is 0 Å². The van der Waals surface area contributed by atoms with Crippen molar-refractivity contribution in [3.8, 4) is 5.75 Å². The molecule has 0 fully saturated rings.